The van der Waals surface area contributed by atoms with Gasteiger partial charge in [-0.05, 0) is 23.0 Å². The Morgan fingerprint density at radius 2 is 1.28 bits per heavy atom. The Hall–Kier alpha value is -0.790. The van der Waals surface area contributed by atoms with Gasteiger partial charge in [0.2, 0.25) is 8.03 Å². The van der Waals surface area contributed by atoms with Crippen molar-refractivity contribution >= 4 is 13.3 Å². The number of aromatic hydroxyl groups is 1. The average Bonchev–Trinajstić information content (AvgIpc) is 2.13. The Kier molecular flexibility index (Phi) is 4.00. The maximum absolute atomic E-state index is 11.4. The van der Waals surface area contributed by atoms with E-state index in [0.29, 0.717) is 5.30 Å². The van der Waals surface area contributed by atoms with Crippen molar-refractivity contribution in [1.29, 1.82) is 0 Å². The lowest BCUT2D eigenvalue weighted by Crippen LogP contribution is -2.20. The summed E-state index contributed by atoms with van der Waals surface area (Å²) in [5, 5.41) is 10.8. The molecule has 1 aromatic carbocycles. The van der Waals surface area contributed by atoms with Crippen LogP contribution in [0.4, 0.5) is 0 Å². The van der Waals surface area contributed by atoms with E-state index >= 15 is 0 Å². The van der Waals surface area contributed by atoms with Crippen LogP contribution >= 0.6 is 8.03 Å². The highest BCUT2D eigenvalue weighted by atomic mass is 31.1. The molecule has 0 aliphatic rings. The first-order valence-corrected chi connectivity index (χ1v) is 7.41. The Labute approximate surface area is 110 Å². The monoisotopic (exact) mass is 270 g/mol. The molecule has 1 aromatic rings. The molecule has 0 aliphatic heterocycles. The quantitative estimate of drug-likeness (QED) is 0.771. The Balaban J connectivity index is 3.64. The molecule has 0 fully saturated rings. The predicted molar refractivity (Wildman–Crippen MR) is 76.4 cm³/mol. The fourth-order valence-electron chi connectivity index (χ4n) is 1.90. The SMILES string of the molecule is CC(C)(C)c1cc([PH](=O)O)cc(C(C)(C)C)c1O. The molecule has 0 spiro atoms. The fraction of sp³-hybridized carbons (Fsp3) is 0.571. The molecule has 0 saturated carbocycles. The van der Waals surface area contributed by atoms with Crippen LogP contribution in [-0.4, -0.2) is 10.00 Å². The van der Waals surface area contributed by atoms with Crippen molar-refractivity contribution < 1.29 is 14.6 Å². The Bertz CT molecular complexity index is 444. The van der Waals surface area contributed by atoms with E-state index in [1.54, 1.807) is 12.1 Å². The third-order valence-electron chi connectivity index (χ3n) is 2.97. The highest BCUT2D eigenvalue weighted by Gasteiger charge is 2.27. The molecule has 3 nitrogen and oxygen atoms in total. The van der Waals surface area contributed by atoms with Crippen LogP contribution in [0.15, 0.2) is 12.1 Å². The van der Waals surface area contributed by atoms with Gasteiger partial charge in [0, 0.05) is 16.4 Å². The normalized spacial score (nSPS) is 14.6. The molecule has 2 N–H and O–H groups in total. The van der Waals surface area contributed by atoms with Crippen molar-refractivity contribution in [3.63, 3.8) is 0 Å². The summed E-state index contributed by atoms with van der Waals surface area (Å²) in [6.45, 7) is 11.9. The highest BCUT2D eigenvalue weighted by molar-refractivity contribution is 7.47. The number of hydrogen-bond acceptors (Lipinski definition) is 2. The van der Waals surface area contributed by atoms with Gasteiger partial charge < -0.3 is 10.00 Å². The molecule has 102 valence electrons. The van der Waals surface area contributed by atoms with Crippen molar-refractivity contribution in [2.24, 2.45) is 0 Å². The van der Waals surface area contributed by atoms with Crippen LogP contribution in [0.1, 0.15) is 52.7 Å². The van der Waals surface area contributed by atoms with Crippen molar-refractivity contribution in [3.05, 3.63) is 23.3 Å². The smallest absolute Gasteiger partial charge is 0.218 e. The topological polar surface area (TPSA) is 57.5 Å². The van der Waals surface area contributed by atoms with Crippen LogP contribution in [0.3, 0.4) is 0 Å². The molecular formula is C14H23O3P. The van der Waals surface area contributed by atoms with Crippen LogP contribution in [-0.2, 0) is 15.4 Å². The minimum absolute atomic E-state index is 0.238. The van der Waals surface area contributed by atoms with Crippen LogP contribution < -0.4 is 5.30 Å². The van der Waals surface area contributed by atoms with Gasteiger partial charge in [-0.3, -0.25) is 4.57 Å². The molecule has 1 unspecified atom stereocenters. The Morgan fingerprint density at radius 3 is 1.50 bits per heavy atom. The standard InChI is InChI=1S/C14H23O3P/c1-13(2,3)10-7-9(18(16)17)8-11(12(10)15)14(4,5)6/h7-8,15,18H,1-6H3,(H,16,17). The third kappa shape index (κ3) is 3.15. The summed E-state index contributed by atoms with van der Waals surface area (Å²) < 4.78 is 11.4. The van der Waals surface area contributed by atoms with Gasteiger partial charge in [0.05, 0.1) is 0 Å². The first kappa shape index (κ1) is 15.3. The van der Waals surface area contributed by atoms with Gasteiger partial charge in [0.25, 0.3) is 0 Å². The zero-order valence-electron chi connectivity index (χ0n) is 12.0. The predicted octanol–water partition coefficient (Wildman–Crippen LogP) is 3.08. The molecule has 1 rings (SSSR count). The maximum atomic E-state index is 11.4. The molecule has 0 amide bonds. The lowest BCUT2D eigenvalue weighted by Gasteiger charge is -2.27. The summed E-state index contributed by atoms with van der Waals surface area (Å²) in [5.74, 6) is 0.238. The maximum Gasteiger partial charge on any atom is 0.218 e. The molecular weight excluding hydrogens is 247 g/mol. The van der Waals surface area contributed by atoms with E-state index in [1.165, 1.54) is 0 Å². The minimum atomic E-state index is -2.75. The molecule has 1 atom stereocenters. The van der Waals surface area contributed by atoms with Crippen LogP contribution in [0.25, 0.3) is 0 Å². The van der Waals surface area contributed by atoms with E-state index in [2.05, 4.69) is 0 Å². The van der Waals surface area contributed by atoms with E-state index < -0.39 is 8.03 Å². The van der Waals surface area contributed by atoms with E-state index in [4.69, 9.17) is 0 Å². The van der Waals surface area contributed by atoms with Crippen LogP contribution in [0, 0.1) is 0 Å². The number of benzene rings is 1. The van der Waals surface area contributed by atoms with Crippen molar-refractivity contribution in [1.82, 2.24) is 0 Å². The summed E-state index contributed by atoms with van der Waals surface area (Å²) in [4.78, 5) is 9.36. The second-order valence-electron chi connectivity index (χ2n) is 6.73. The first-order chi connectivity index (χ1) is 7.94. The van der Waals surface area contributed by atoms with Gasteiger partial charge in [-0.2, -0.15) is 0 Å². The largest absolute Gasteiger partial charge is 0.507 e. The van der Waals surface area contributed by atoms with Gasteiger partial charge in [0.15, 0.2) is 0 Å². The third-order valence-corrected chi connectivity index (χ3v) is 3.76. The molecule has 0 bridgehead atoms. The average molecular weight is 270 g/mol. The van der Waals surface area contributed by atoms with Crippen molar-refractivity contribution in [2.45, 2.75) is 52.4 Å². The van der Waals surface area contributed by atoms with Gasteiger partial charge in [-0.15, -0.1) is 0 Å². The summed E-state index contributed by atoms with van der Waals surface area (Å²) in [6, 6.07) is 3.29. The van der Waals surface area contributed by atoms with Crippen molar-refractivity contribution in [3.8, 4) is 5.75 Å². The van der Waals surface area contributed by atoms with E-state index in [1.807, 2.05) is 41.5 Å². The van der Waals surface area contributed by atoms with E-state index in [-0.39, 0.29) is 16.6 Å². The summed E-state index contributed by atoms with van der Waals surface area (Å²) in [5.41, 5.74) is 0.907. The zero-order chi connectivity index (χ0) is 14.3. The zero-order valence-corrected chi connectivity index (χ0v) is 13.0. The number of rotatable bonds is 1. The molecule has 0 radical (unpaired) electrons. The van der Waals surface area contributed by atoms with Crippen molar-refractivity contribution in [2.75, 3.05) is 0 Å². The summed E-state index contributed by atoms with van der Waals surface area (Å²) in [7, 11) is -2.75. The molecule has 0 heterocycles. The van der Waals surface area contributed by atoms with Crippen LogP contribution in [0.5, 0.6) is 5.75 Å². The highest BCUT2D eigenvalue weighted by Crippen LogP contribution is 2.39. The van der Waals surface area contributed by atoms with Gasteiger partial charge in [-0.1, -0.05) is 41.5 Å². The molecule has 18 heavy (non-hydrogen) atoms. The molecule has 4 heteroatoms. The summed E-state index contributed by atoms with van der Waals surface area (Å²) in [6.07, 6.45) is 0. The second kappa shape index (κ2) is 4.71. The van der Waals surface area contributed by atoms with E-state index in [0.717, 1.165) is 11.1 Å². The van der Waals surface area contributed by atoms with Gasteiger partial charge >= 0.3 is 0 Å². The molecule has 0 aliphatic carbocycles. The number of hydrogen-bond donors (Lipinski definition) is 2. The van der Waals surface area contributed by atoms with Crippen LogP contribution in [0.2, 0.25) is 0 Å². The molecule has 0 saturated heterocycles. The number of phenols is 1. The molecule has 0 aromatic heterocycles. The summed E-state index contributed by atoms with van der Waals surface area (Å²) >= 11 is 0. The fourth-order valence-corrected chi connectivity index (χ4v) is 2.44. The van der Waals surface area contributed by atoms with E-state index in [9.17, 15) is 14.6 Å². The lowest BCUT2D eigenvalue weighted by molar-refractivity contribution is 0.423. The number of phenolic OH excluding ortho intramolecular Hbond substituents is 1. The second-order valence-corrected chi connectivity index (χ2v) is 7.91. The first-order valence-electron chi connectivity index (χ1n) is 6.06. The van der Waals surface area contributed by atoms with Gasteiger partial charge in [0.1, 0.15) is 5.75 Å². The lowest BCUT2D eigenvalue weighted by atomic mass is 9.79. The minimum Gasteiger partial charge on any atom is -0.507 e. The van der Waals surface area contributed by atoms with Gasteiger partial charge in [-0.25, -0.2) is 0 Å². The Morgan fingerprint density at radius 1 is 0.944 bits per heavy atom.